The summed E-state index contributed by atoms with van der Waals surface area (Å²) in [6.45, 7) is 1.45. The first kappa shape index (κ1) is 21.7. The van der Waals surface area contributed by atoms with Crippen LogP contribution in [0.1, 0.15) is 19.8 Å². The third kappa shape index (κ3) is 4.84. The number of anilines is 1. The Kier molecular flexibility index (Phi) is 6.62. The second-order valence-corrected chi connectivity index (χ2v) is 7.12. The molecule has 0 aromatic heterocycles. The van der Waals surface area contributed by atoms with E-state index in [2.05, 4.69) is 10.6 Å². The van der Waals surface area contributed by atoms with Crippen LogP contribution < -0.4 is 15.5 Å². The number of carbonyl (C=O) groups excluding carboxylic acids is 2. The molecule has 1 aliphatic heterocycles. The highest BCUT2D eigenvalue weighted by atomic mass is 35.5. The fourth-order valence-electron chi connectivity index (χ4n) is 2.50. The maximum atomic E-state index is 13.1. The maximum Gasteiger partial charge on any atom is 0.426 e. The standard InChI is InChI=1S/C16H18Cl2F3N3O3/c1-15(27,16(19,20)21)13(25)24(10-4-5-11(17)12(18)7-10)14(26)23-9-3-2-6-22-8-9/h4-5,7,9,22,27H,2-3,6,8H2,1H3,(H,23,26). The molecule has 0 saturated carbocycles. The summed E-state index contributed by atoms with van der Waals surface area (Å²) in [6, 6.07) is 2.00. The lowest BCUT2D eigenvalue weighted by molar-refractivity contribution is -0.243. The number of hydrogen-bond donors (Lipinski definition) is 3. The Hall–Kier alpha value is -1.55. The molecule has 2 atom stereocenters. The number of urea groups is 1. The fraction of sp³-hybridized carbons (Fsp3) is 0.500. The van der Waals surface area contributed by atoms with Crippen molar-refractivity contribution < 1.29 is 27.9 Å². The summed E-state index contributed by atoms with van der Waals surface area (Å²) in [5.41, 5.74) is -4.03. The molecule has 27 heavy (non-hydrogen) atoms. The molecule has 0 aliphatic carbocycles. The minimum absolute atomic E-state index is 0.0641. The largest absolute Gasteiger partial charge is 0.426 e. The Morgan fingerprint density at radius 1 is 1.30 bits per heavy atom. The highest BCUT2D eigenvalue weighted by Crippen LogP contribution is 2.34. The van der Waals surface area contributed by atoms with Gasteiger partial charge in [-0.25, -0.2) is 9.69 Å². The minimum Gasteiger partial charge on any atom is -0.373 e. The van der Waals surface area contributed by atoms with E-state index in [9.17, 15) is 27.9 Å². The van der Waals surface area contributed by atoms with Crippen molar-refractivity contribution in [3.8, 4) is 0 Å². The average molecular weight is 428 g/mol. The number of benzene rings is 1. The van der Waals surface area contributed by atoms with Crippen LogP contribution in [0.15, 0.2) is 18.2 Å². The monoisotopic (exact) mass is 427 g/mol. The van der Waals surface area contributed by atoms with Gasteiger partial charge in [-0.05, 0) is 44.5 Å². The minimum atomic E-state index is -5.29. The van der Waals surface area contributed by atoms with Crippen molar-refractivity contribution in [2.24, 2.45) is 0 Å². The highest BCUT2D eigenvalue weighted by molar-refractivity contribution is 6.42. The molecule has 0 spiro atoms. The predicted octanol–water partition coefficient (Wildman–Crippen LogP) is 3.10. The van der Waals surface area contributed by atoms with Gasteiger partial charge in [0.2, 0.25) is 5.60 Å². The van der Waals surface area contributed by atoms with Gasteiger partial charge in [0.15, 0.2) is 0 Å². The average Bonchev–Trinajstić information content (AvgIpc) is 2.58. The van der Waals surface area contributed by atoms with Crippen molar-refractivity contribution >= 4 is 40.8 Å². The van der Waals surface area contributed by atoms with E-state index in [1.54, 1.807) is 0 Å². The summed E-state index contributed by atoms with van der Waals surface area (Å²) < 4.78 is 39.4. The molecule has 11 heteroatoms. The maximum absolute atomic E-state index is 13.1. The van der Waals surface area contributed by atoms with Crippen molar-refractivity contribution in [3.05, 3.63) is 28.2 Å². The van der Waals surface area contributed by atoms with Crippen LogP contribution in [-0.4, -0.2) is 48.0 Å². The van der Waals surface area contributed by atoms with E-state index in [-0.39, 0.29) is 33.6 Å². The number of aliphatic hydroxyl groups is 1. The molecule has 6 nitrogen and oxygen atoms in total. The van der Waals surface area contributed by atoms with E-state index in [0.717, 1.165) is 25.1 Å². The van der Waals surface area contributed by atoms with Gasteiger partial charge in [0.05, 0.1) is 15.7 Å². The summed E-state index contributed by atoms with van der Waals surface area (Å²) >= 11 is 11.7. The normalized spacial score (nSPS) is 19.9. The van der Waals surface area contributed by atoms with E-state index < -0.39 is 23.7 Å². The lowest BCUT2D eigenvalue weighted by Gasteiger charge is -2.33. The first-order chi connectivity index (χ1) is 12.4. The Balaban J connectivity index is 2.39. The van der Waals surface area contributed by atoms with Crippen molar-refractivity contribution in [2.45, 2.75) is 37.6 Å². The number of nitrogens with one attached hydrogen (secondary N) is 2. The van der Waals surface area contributed by atoms with Crippen molar-refractivity contribution in [1.82, 2.24) is 10.6 Å². The number of piperidine rings is 1. The van der Waals surface area contributed by atoms with Crippen LogP contribution in [0.3, 0.4) is 0 Å². The zero-order chi connectivity index (χ0) is 20.4. The Morgan fingerprint density at radius 3 is 2.48 bits per heavy atom. The third-order valence-electron chi connectivity index (χ3n) is 4.16. The molecule has 1 saturated heterocycles. The zero-order valence-electron chi connectivity index (χ0n) is 14.2. The lowest BCUT2D eigenvalue weighted by atomic mass is 10.0. The molecule has 3 N–H and O–H groups in total. The Morgan fingerprint density at radius 2 is 1.96 bits per heavy atom. The number of rotatable bonds is 3. The molecule has 1 aliphatic rings. The summed E-state index contributed by atoms with van der Waals surface area (Å²) in [4.78, 5) is 25.4. The highest BCUT2D eigenvalue weighted by Gasteiger charge is 2.58. The molecule has 1 heterocycles. The summed E-state index contributed by atoms with van der Waals surface area (Å²) in [7, 11) is 0. The molecule has 0 bridgehead atoms. The quantitative estimate of drug-likeness (QED) is 0.691. The molecule has 0 radical (unpaired) electrons. The number of hydrogen-bond acceptors (Lipinski definition) is 4. The second kappa shape index (κ2) is 8.22. The SMILES string of the molecule is CC(O)(C(=O)N(C(=O)NC1CCCNC1)c1ccc(Cl)c(Cl)c1)C(F)(F)F. The first-order valence-electron chi connectivity index (χ1n) is 8.05. The molecule has 1 aromatic carbocycles. The van der Waals surface area contributed by atoms with Gasteiger partial charge in [0.1, 0.15) is 0 Å². The summed E-state index contributed by atoms with van der Waals surface area (Å²) in [5.74, 6) is -1.85. The predicted molar refractivity (Wildman–Crippen MR) is 95.1 cm³/mol. The van der Waals surface area contributed by atoms with Crippen LogP contribution in [0.4, 0.5) is 23.7 Å². The van der Waals surface area contributed by atoms with Crippen molar-refractivity contribution in [2.75, 3.05) is 18.0 Å². The van der Waals surface area contributed by atoms with Gasteiger partial charge >= 0.3 is 12.2 Å². The van der Waals surface area contributed by atoms with Gasteiger partial charge in [-0.3, -0.25) is 4.79 Å². The first-order valence-corrected chi connectivity index (χ1v) is 8.80. The second-order valence-electron chi connectivity index (χ2n) is 6.30. The molecule has 3 amide bonds. The molecular formula is C16H18Cl2F3N3O3. The summed E-state index contributed by atoms with van der Waals surface area (Å²) in [5, 5.41) is 15.3. The fourth-order valence-corrected chi connectivity index (χ4v) is 2.80. The number of nitrogens with zero attached hydrogens (tertiary/aromatic N) is 1. The van der Waals surface area contributed by atoms with E-state index in [0.29, 0.717) is 13.0 Å². The van der Waals surface area contributed by atoms with Crippen LogP contribution in [0.2, 0.25) is 10.0 Å². The van der Waals surface area contributed by atoms with Crippen LogP contribution in [0.25, 0.3) is 0 Å². The smallest absolute Gasteiger partial charge is 0.373 e. The molecule has 2 unspecified atom stereocenters. The Labute approximate surface area is 163 Å². The molecular weight excluding hydrogens is 410 g/mol. The van der Waals surface area contributed by atoms with Gasteiger partial charge in [0.25, 0.3) is 5.91 Å². The van der Waals surface area contributed by atoms with Crippen LogP contribution in [0, 0.1) is 0 Å². The molecule has 1 fully saturated rings. The number of amides is 3. The van der Waals surface area contributed by atoms with Crippen LogP contribution in [-0.2, 0) is 4.79 Å². The van der Waals surface area contributed by atoms with E-state index in [1.165, 1.54) is 6.07 Å². The van der Waals surface area contributed by atoms with Crippen molar-refractivity contribution in [3.63, 3.8) is 0 Å². The topological polar surface area (TPSA) is 81.7 Å². The van der Waals surface area contributed by atoms with Crippen LogP contribution >= 0.6 is 23.2 Å². The number of alkyl halides is 3. The molecule has 2 rings (SSSR count). The molecule has 1 aromatic rings. The number of carbonyl (C=O) groups is 2. The van der Waals surface area contributed by atoms with E-state index >= 15 is 0 Å². The van der Waals surface area contributed by atoms with Gasteiger partial charge < -0.3 is 15.7 Å². The van der Waals surface area contributed by atoms with Gasteiger partial charge in [-0.2, -0.15) is 13.2 Å². The summed E-state index contributed by atoms with van der Waals surface area (Å²) in [6.07, 6.45) is -3.94. The van der Waals surface area contributed by atoms with Gasteiger partial charge in [-0.15, -0.1) is 0 Å². The van der Waals surface area contributed by atoms with Gasteiger partial charge in [-0.1, -0.05) is 23.2 Å². The number of imide groups is 1. The van der Waals surface area contributed by atoms with Crippen LogP contribution in [0.5, 0.6) is 0 Å². The van der Waals surface area contributed by atoms with E-state index in [4.69, 9.17) is 23.2 Å². The zero-order valence-corrected chi connectivity index (χ0v) is 15.8. The van der Waals surface area contributed by atoms with Gasteiger partial charge in [0, 0.05) is 12.6 Å². The lowest BCUT2D eigenvalue weighted by Crippen LogP contribution is -2.61. The third-order valence-corrected chi connectivity index (χ3v) is 4.90. The van der Waals surface area contributed by atoms with Crippen molar-refractivity contribution in [1.29, 1.82) is 0 Å². The Bertz CT molecular complexity index is 723. The molecule has 150 valence electrons. The number of halogens is 5. The van der Waals surface area contributed by atoms with E-state index in [1.807, 2.05) is 0 Å².